The van der Waals surface area contributed by atoms with Crippen molar-refractivity contribution in [3.05, 3.63) is 42.1 Å². The molecule has 1 N–H and O–H groups in total. The van der Waals surface area contributed by atoms with E-state index in [1.54, 1.807) is 12.1 Å². The normalized spacial score (nSPS) is 9.40. The molecule has 0 aliphatic carbocycles. The topological polar surface area (TPSA) is 59.4 Å². The summed E-state index contributed by atoms with van der Waals surface area (Å²) in [7, 11) is 0. The first-order valence-electron chi connectivity index (χ1n) is 4.03. The Labute approximate surface area is 96.0 Å². The van der Waals surface area contributed by atoms with Crippen molar-refractivity contribution >= 4 is 16.9 Å². The first kappa shape index (κ1) is 11.6. The predicted octanol–water partition coefficient (Wildman–Crippen LogP) is 1.86. The van der Waals surface area contributed by atoms with Gasteiger partial charge in [0.15, 0.2) is 5.69 Å². The fourth-order valence-corrected chi connectivity index (χ4v) is 1.23. The Bertz CT molecular complexity index is 487. The largest absolute Gasteiger partial charge is 0.390 e. The number of fused-ring (bicyclic) bond motifs is 1. The molecule has 0 fully saturated rings. The standard InChI is InChI=1S/C10H7NO3.Co/c12-10(14-13)9-6-5-7-3-1-2-4-8(7)11-9;/h1-6,13H;. The number of nitrogens with zero attached hydrogens (tertiary/aromatic N) is 1. The Kier molecular flexibility index (Phi) is 3.78. The van der Waals surface area contributed by atoms with Gasteiger partial charge in [-0.15, -0.1) is 0 Å². The van der Waals surface area contributed by atoms with E-state index >= 15 is 0 Å². The minimum absolute atomic E-state index is 0. The van der Waals surface area contributed by atoms with E-state index in [4.69, 9.17) is 5.26 Å². The molecule has 4 nitrogen and oxygen atoms in total. The van der Waals surface area contributed by atoms with Gasteiger partial charge in [-0.2, -0.15) is 5.26 Å². The van der Waals surface area contributed by atoms with E-state index in [0.29, 0.717) is 5.52 Å². The second-order valence-corrected chi connectivity index (χ2v) is 2.77. The summed E-state index contributed by atoms with van der Waals surface area (Å²) in [5, 5.41) is 9.10. The maximum absolute atomic E-state index is 10.9. The van der Waals surface area contributed by atoms with Gasteiger partial charge in [0, 0.05) is 22.2 Å². The zero-order chi connectivity index (χ0) is 9.97. The molecule has 0 aliphatic heterocycles. The molecule has 15 heavy (non-hydrogen) atoms. The van der Waals surface area contributed by atoms with Crippen molar-refractivity contribution in [3.8, 4) is 0 Å². The van der Waals surface area contributed by atoms with Gasteiger partial charge in [-0.05, 0) is 12.1 Å². The number of hydrogen-bond acceptors (Lipinski definition) is 4. The zero-order valence-electron chi connectivity index (χ0n) is 7.51. The number of aromatic nitrogens is 1. The second kappa shape index (κ2) is 4.88. The van der Waals surface area contributed by atoms with Crippen molar-refractivity contribution in [2.75, 3.05) is 0 Å². The van der Waals surface area contributed by atoms with E-state index in [0.717, 1.165) is 5.39 Å². The van der Waals surface area contributed by atoms with Gasteiger partial charge >= 0.3 is 5.97 Å². The number of carbonyl (C=O) groups excluding carboxylic acids is 1. The van der Waals surface area contributed by atoms with Crippen molar-refractivity contribution in [2.45, 2.75) is 0 Å². The monoisotopic (exact) mass is 248 g/mol. The molecule has 0 amide bonds. The summed E-state index contributed by atoms with van der Waals surface area (Å²) >= 11 is 0. The van der Waals surface area contributed by atoms with Crippen molar-refractivity contribution in [1.29, 1.82) is 0 Å². The van der Waals surface area contributed by atoms with E-state index in [9.17, 15) is 4.79 Å². The van der Waals surface area contributed by atoms with Gasteiger partial charge in [0.2, 0.25) is 0 Å². The van der Waals surface area contributed by atoms with Gasteiger partial charge < -0.3 is 0 Å². The first-order chi connectivity index (χ1) is 6.81. The summed E-state index contributed by atoms with van der Waals surface area (Å²) in [4.78, 5) is 18.5. The van der Waals surface area contributed by atoms with Gasteiger partial charge in [-0.3, -0.25) is 4.89 Å². The average molecular weight is 248 g/mol. The molecule has 79 valence electrons. The summed E-state index contributed by atoms with van der Waals surface area (Å²) in [6.45, 7) is 0. The minimum atomic E-state index is -0.851. The maximum atomic E-state index is 10.9. The van der Waals surface area contributed by atoms with E-state index in [1.807, 2.05) is 18.2 Å². The van der Waals surface area contributed by atoms with E-state index in [-0.39, 0.29) is 22.5 Å². The summed E-state index contributed by atoms with van der Waals surface area (Å²) < 4.78 is 0. The Morgan fingerprint density at radius 1 is 1.20 bits per heavy atom. The summed E-state index contributed by atoms with van der Waals surface area (Å²) in [5.41, 5.74) is 0.779. The van der Waals surface area contributed by atoms with E-state index in [1.165, 1.54) is 6.07 Å². The second-order valence-electron chi connectivity index (χ2n) is 2.77. The minimum Gasteiger partial charge on any atom is -0.294 e. The zero-order valence-corrected chi connectivity index (χ0v) is 8.55. The molecule has 0 spiro atoms. The van der Waals surface area contributed by atoms with Crippen LogP contribution >= 0.6 is 0 Å². The maximum Gasteiger partial charge on any atom is 0.390 e. The van der Waals surface area contributed by atoms with E-state index in [2.05, 4.69) is 9.87 Å². The van der Waals surface area contributed by atoms with Crippen LogP contribution in [-0.4, -0.2) is 16.2 Å². The number of para-hydroxylation sites is 1. The molecule has 0 saturated heterocycles. The van der Waals surface area contributed by atoms with Gasteiger partial charge in [0.1, 0.15) is 0 Å². The van der Waals surface area contributed by atoms with Crippen LogP contribution in [0.5, 0.6) is 0 Å². The van der Waals surface area contributed by atoms with Crippen molar-refractivity contribution in [3.63, 3.8) is 0 Å². The molecule has 1 aromatic heterocycles. The molecule has 1 radical (unpaired) electrons. The number of carbonyl (C=O) groups is 1. The van der Waals surface area contributed by atoms with Gasteiger partial charge in [0.25, 0.3) is 0 Å². The van der Waals surface area contributed by atoms with Crippen LogP contribution in [0.3, 0.4) is 0 Å². The fourth-order valence-electron chi connectivity index (χ4n) is 1.23. The molecule has 0 bridgehead atoms. The smallest absolute Gasteiger partial charge is 0.294 e. The third kappa shape index (κ3) is 2.32. The average Bonchev–Trinajstić information content (AvgIpc) is 2.27. The van der Waals surface area contributed by atoms with Gasteiger partial charge in [-0.25, -0.2) is 9.78 Å². The molecule has 0 unspecified atom stereocenters. The van der Waals surface area contributed by atoms with Crippen LogP contribution in [0.25, 0.3) is 10.9 Å². The van der Waals surface area contributed by atoms with Gasteiger partial charge in [0.05, 0.1) is 5.52 Å². The molecule has 0 atom stereocenters. The van der Waals surface area contributed by atoms with E-state index < -0.39 is 5.97 Å². The molecular weight excluding hydrogens is 241 g/mol. The van der Waals surface area contributed by atoms with Crippen LogP contribution in [0.4, 0.5) is 0 Å². The molecule has 0 saturated carbocycles. The third-order valence-electron chi connectivity index (χ3n) is 1.89. The molecule has 2 aromatic rings. The van der Waals surface area contributed by atoms with Crippen LogP contribution in [-0.2, 0) is 21.7 Å². The van der Waals surface area contributed by atoms with Crippen LogP contribution in [0.1, 0.15) is 10.5 Å². The molecular formula is C10H7CoNO3. The summed E-state index contributed by atoms with van der Waals surface area (Å²) in [5.74, 6) is -0.851. The third-order valence-corrected chi connectivity index (χ3v) is 1.89. The molecule has 5 heteroatoms. The number of pyridine rings is 1. The van der Waals surface area contributed by atoms with Gasteiger partial charge in [-0.1, -0.05) is 24.3 Å². The van der Waals surface area contributed by atoms with Crippen LogP contribution < -0.4 is 0 Å². The predicted molar refractivity (Wildman–Crippen MR) is 49.8 cm³/mol. The Hall–Kier alpha value is -1.43. The number of rotatable bonds is 1. The SMILES string of the molecule is O=C(OO)c1ccc2ccccc2n1.[Co]. The summed E-state index contributed by atoms with van der Waals surface area (Å²) in [6.07, 6.45) is 0. The molecule has 0 aliphatic rings. The van der Waals surface area contributed by atoms with Crippen molar-refractivity contribution in [1.82, 2.24) is 4.98 Å². The fraction of sp³-hybridized carbons (Fsp3) is 0. The van der Waals surface area contributed by atoms with Crippen LogP contribution in [0.15, 0.2) is 36.4 Å². The number of hydrogen-bond donors (Lipinski definition) is 1. The Morgan fingerprint density at radius 2 is 1.93 bits per heavy atom. The van der Waals surface area contributed by atoms with Crippen molar-refractivity contribution < 1.29 is 31.7 Å². The Balaban J connectivity index is 0.00000112. The quantitative estimate of drug-likeness (QED) is 0.618. The molecule has 2 rings (SSSR count). The number of benzene rings is 1. The summed E-state index contributed by atoms with van der Waals surface area (Å²) in [6, 6.07) is 10.6. The molecule has 1 heterocycles. The van der Waals surface area contributed by atoms with Crippen LogP contribution in [0.2, 0.25) is 0 Å². The van der Waals surface area contributed by atoms with Crippen LogP contribution in [0, 0.1) is 0 Å². The first-order valence-corrected chi connectivity index (χ1v) is 4.03. The molecule has 1 aromatic carbocycles. The Morgan fingerprint density at radius 3 is 2.67 bits per heavy atom. The van der Waals surface area contributed by atoms with Crippen molar-refractivity contribution in [2.24, 2.45) is 0 Å².